The van der Waals surface area contributed by atoms with Gasteiger partial charge >= 0.3 is 6.03 Å². The van der Waals surface area contributed by atoms with Gasteiger partial charge in [-0.25, -0.2) is 4.79 Å². The van der Waals surface area contributed by atoms with Gasteiger partial charge in [-0.2, -0.15) is 0 Å². The summed E-state index contributed by atoms with van der Waals surface area (Å²) in [6.45, 7) is 0. The number of nitrogens with one attached hydrogen (secondary N) is 2. The fraction of sp³-hybridized carbons (Fsp3) is 0.267. The molecule has 2 aromatic rings. The zero-order valence-corrected chi connectivity index (χ0v) is 14.4. The molecular formula is C15H16Cl3N3O. The maximum atomic E-state index is 11.9. The van der Waals surface area contributed by atoms with Gasteiger partial charge in [-0.05, 0) is 11.5 Å². The summed E-state index contributed by atoms with van der Waals surface area (Å²) in [6.07, 6.45) is -0.877. The lowest BCUT2D eigenvalue weighted by atomic mass is 10.1. The highest BCUT2D eigenvalue weighted by Crippen LogP contribution is 2.33. The summed E-state index contributed by atoms with van der Waals surface area (Å²) in [7, 11) is 3.23. The Morgan fingerprint density at radius 2 is 1.73 bits per heavy atom. The number of anilines is 1. The largest absolute Gasteiger partial charge is 0.361 e. The predicted molar refractivity (Wildman–Crippen MR) is 93.9 cm³/mol. The molecule has 2 rings (SSSR count). The molecule has 1 unspecified atom stereocenters. The van der Waals surface area contributed by atoms with E-state index in [1.807, 2.05) is 42.5 Å². The van der Waals surface area contributed by atoms with Crippen LogP contribution in [0.5, 0.6) is 0 Å². The number of nitrogens with zero attached hydrogens (tertiary/aromatic N) is 1. The van der Waals surface area contributed by atoms with Gasteiger partial charge in [0.25, 0.3) is 0 Å². The fourth-order valence-electron chi connectivity index (χ4n) is 1.96. The number of carbonyl (C=O) groups excluding carboxylic acids is 1. The van der Waals surface area contributed by atoms with Crippen molar-refractivity contribution in [2.24, 2.45) is 0 Å². The quantitative estimate of drug-likeness (QED) is 0.636. The summed E-state index contributed by atoms with van der Waals surface area (Å²) in [4.78, 5) is 13.2. The average molecular weight is 361 g/mol. The topological polar surface area (TPSA) is 44.4 Å². The molecule has 118 valence electrons. The van der Waals surface area contributed by atoms with Crippen LogP contribution in [0.1, 0.15) is 0 Å². The van der Waals surface area contributed by atoms with Gasteiger partial charge in [-0.15, -0.1) is 0 Å². The maximum absolute atomic E-state index is 11.9. The number of carbonyl (C=O) groups is 1. The van der Waals surface area contributed by atoms with E-state index in [9.17, 15) is 4.79 Å². The first-order chi connectivity index (χ1) is 10.3. The SMILES string of the molecule is CN(C)C(=O)NC(Nc1cccc2ccccc12)C(Cl)(Cl)Cl. The molecule has 0 saturated heterocycles. The van der Waals surface area contributed by atoms with Crippen LogP contribution in [0.15, 0.2) is 42.5 Å². The Bertz CT molecular complexity index is 665. The smallest absolute Gasteiger partial charge is 0.318 e. The average Bonchev–Trinajstić information content (AvgIpc) is 2.45. The lowest BCUT2D eigenvalue weighted by Crippen LogP contribution is -2.52. The predicted octanol–water partition coefficient (Wildman–Crippen LogP) is 4.22. The van der Waals surface area contributed by atoms with Gasteiger partial charge in [0.1, 0.15) is 6.17 Å². The van der Waals surface area contributed by atoms with Crippen LogP contribution in [0.3, 0.4) is 0 Å². The Kier molecular flexibility index (Phi) is 5.27. The van der Waals surface area contributed by atoms with Crippen LogP contribution in [-0.2, 0) is 0 Å². The molecule has 4 nitrogen and oxygen atoms in total. The molecule has 0 radical (unpaired) electrons. The Balaban J connectivity index is 2.31. The van der Waals surface area contributed by atoms with Gasteiger partial charge in [-0.1, -0.05) is 71.2 Å². The highest BCUT2D eigenvalue weighted by Gasteiger charge is 2.34. The normalized spacial score (nSPS) is 12.8. The number of urea groups is 1. The molecule has 0 aliphatic carbocycles. The molecule has 0 fully saturated rings. The molecule has 2 N–H and O–H groups in total. The summed E-state index contributed by atoms with van der Waals surface area (Å²) < 4.78 is -1.71. The van der Waals surface area contributed by atoms with Gasteiger partial charge in [0, 0.05) is 25.2 Å². The zero-order chi connectivity index (χ0) is 16.3. The Morgan fingerprint density at radius 3 is 2.36 bits per heavy atom. The van der Waals surface area contributed by atoms with Crippen molar-refractivity contribution in [3.63, 3.8) is 0 Å². The highest BCUT2D eigenvalue weighted by molar-refractivity contribution is 6.68. The van der Waals surface area contributed by atoms with E-state index in [0.717, 1.165) is 16.5 Å². The van der Waals surface area contributed by atoms with E-state index in [1.165, 1.54) is 4.90 Å². The minimum absolute atomic E-state index is 0.357. The zero-order valence-electron chi connectivity index (χ0n) is 12.1. The van der Waals surface area contributed by atoms with E-state index < -0.39 is 9.96 Å². The molecule has 0 spiro atoms. The van der Waals surface area contributed by atoms with Crippen molar-refractivity contribution in [2.75, 3.05) is 19.4 Å². The van der Waals surface area contributed by atoms with E-state index in [2.05, 4.69) is 10.6 Å². The first kappa shape index (κ1) is 17.0. The van der Waals surface area contributed by atoms with E-state index in [1.54, 1.807) is 14.1 Å². The first-order valence-electron chi connectivity index (χ1n) is 6.58. The number of rotatable bonds is 3. The second kappa shape index (κ2) is 6.82. The standard InChI is InChI=1S/C15H16Cl3N3O/c1-21(2)14(22)20-13(15(16,17)18)19-12-9-5-7-10-6-3-4-8-11(10)12/h3-9,13,19H,1-2H3,(H,20,22). The van der Waals surface area contributed by atoms with Crippen molar-refractivity contribution in [1.29, 1.82) is 0 Å². The monoisotopic (exact) mass is 359 g/mol. The minimum Gasteiger partial charge on any atom is -0.361 e. The second-order valence-electron chi connectivity index (χ2n) is 4.99. The Labute approximate surface area is 144 Å². The van der Waals surface area contributed by atoms with Gasteiger partial charge < -0.3 is 15.5 Å². The van der Waals surface area contributed by atoms with Crippen LogP contribution < -0.4 is 10.6 Å². The van der Waals surface area contributed by atoms with Crippen molar-refractivity contribution >= 4 is 57.3 Å². The second-order valence-corrected chi connectivity index (χ2v) is 7.36. The van der Waals surface area contributed by atoms with Crippen LogP contribution in [-0.4, -0.2) is 35.0 Å². The highest BCUT2D eigenvalue weighted by atomic mass is 35.6. The molecule has 0 saturated carbocycles. The lowest BCUT2D eigenvalue weighted by Gasteiger charge is -2.29. The minimum atomic E-state index is -1.71. The van der Waals surface area contributed by atoms with Crippen LogP contribution in [0.25, 0.3) is 10.8 Å². The Morgan fingerprint density at radius 1 is 1.09 bits per heavy atom. The van der Waals surface area contributed by atoms with Crippen molar-refractivity contribution in [2.45, 2.75) is 9.96 Å². The van der Waals surface area contributed by atoms with Crippen molar-refractivity contribution in [3.8, 4) is 0 Å². The molecule has 0 aromatic heterocycles. The number of alkyl halides is 3. The lowest BCUT2D eigenvalue weighted by molar-refractivity contribution is 0.214. The maximum Gasteiger partial charge on any atom is 0.318 e. The molecule has 2 aromatic carbocycles. The van der Waals surface area contributed by atoms with Crippen LogP contribution >= 0.6 is 34.8 Å². The number of hydrogen-bond donors (Lipinski definition) is 2. The molecule has 22 heavy (non-hydrogen) atoms. The number of halogens is 3. The first-order valence-corrected chi connectivity index (χ1v) is 7.71. The van der Waals surface area contributed by atoms with Crippen LogP contribution in [0.4, 0.5) is 10.5 Å². The summed E-state index contributed by atoms with van der Waals surface area (Å²) in [6, 6.07) is 13.2. The number of fused-ring (bicyclic) bond motifs is 1. The van der Waals surface area contributed by atoms with E-state index in [-0.39, 0.29) is 6.03 Å². The summed E-state index contributed by atoms with van der Waals surface area (Å²) in [5, 5.41) is 7.77. The molecule has 0 bridgehead atoms. The van der Waals surface area contributed by atoms with Crippen molar-refractivity contribution < 1.29 is 4.79 Å². The van der Waals surface area contributed by atoms with Crippen LogP contribution in [0, 0.1) is 0 Å². The fourth-order valence-corrected chi connectivity index (χ4v) is 2.29. The third kappa shape index (κ3) is 4.09. The van der Waals surface area contributed by atoms with Crippen molar-refractivity contribution in [3.05, 3.63) is 42.5 Å². The molecular weight excluding hydrogens is 345 g/mol. The van der Waals surface area contributed by atoms with Crippen LogP contribution in [0.2, 0.25) is 0 Å². The van der Waals surface area contributed by atoms with E-state index >= 15 is 0 Å². The Hall–Kier alpha value is -1.36. The summed E-state index contributed by atoms with van der Waals surface area (Å²) in [5.41, 5.74) is 0.772. The summed E-state index contributed by atoms with van der Waals surface area (Å²) >= 11 is 18.0. The molecule has 0 aliphatic heterocycles. The molecule has 2 amide bonds. The molecule has 0 aliphatic rings. The molecule has 7 heteroatoms. The number of benzene rings is 2. The molecule has 0 heterocycles. The third-order valence-corrected chi connectivity index (χ3v) is 3.75. The number of hydrogen-bond acceptors (Lipinski definition) is 2. The van der Waals surface area contributed by atoms with E-state index in [4.69, 9.17) is 34.8 Å². The van der Waals surface area contributed by atoms with Gasteiger partial charge in [0.05, 0.1) is 0 Å². The molecule has 1 atom stereocenters. The van der Waals surface area contributed by atoms with Gasteiger partial charge in [-0.3, -0.25) is 0 Å². The van der Waals surface area contributed by atoms with E-state index in [0.29, 0.717) is 0 Å². The summed E-state index contributed by atoms with van der Waals surface area (Å²) in [5.74, 6) is 0. The van der Waals surface area contributed by atoms with Gasteiger partial charge in [0.2, 0.25) is 3.79 Å². The number of amides is 2. The third-order valence-electron chi connectivity index (χ3n) is 3.09. The van der Waals surface area contributed by atoms with Crippen molar-refractivity contribution in [1.82, 2.24) is 10.2 Å². The van der Waals surface area contributed by atoms with Gasteiger partial charge in [0.15, 0.2) is 0 Å².